The number of carbonyl (C=O) groups is 1. The van der Waals surface area contributed by atoms with Crippen LogP contribution in [0.5, 0.6) is 5.88 Å². The number of aromatic nitrogens is 5. The summed E-state index contributed by atoms with van der Waals surface area (Å²) in [7, 11) is 1.51. The number of benzene rings is 2. The first-order valence-electron chi connectivity index (χ1n) is 12.2. The van der Waals surface area contributed by atoms with Crippen LogP contribution in [-0.4, -0.2) is 49.3 Å². The van der Waals surface area contributed by atoms with E-state index in [4.69, 9.17) is 9.47 Å². The molecule has 0 aliphatic heterocycles. The lowest BCUT2D eigenvalue weighted by Crippen LogP contribution is -2.10. The standard InChI is InChI=1S/C28H21F4N5O4/c1-40-8-7-37-23-10-15(28(38)39)5-6-21(23)34-25(37)11-16-9-19(30)17(12-18(16)29)20-3-2-4-26(35-20)41-14-22-27(32)36-24(31)13-33-22/h2-6,9-10,12-13H,7-8,11,14H2,1H3,(H,38,39). The highest BCUT2D eigenvalue weighted by Gasteiger charge is 2.19. The average molecular weight is 567 g/mol. The molecule has 0 saturated carbocycles. The zero-order chi connectivity index (χ0) is 29.1. The maximum Gasteiger partial charge on any atom is 0.335 e. The Morgan fingerprint density at radius 2 is 1.83 bits per heavy atom. The number of ether oxygens (including phenoxy) is 2. The van der Waals surface area contributed by atoms with Crippen molar-refractivity contribution in [2.75, 3.05) is 13.7 Å². The molecular formula is C28H21F4N5O4. The predicted octanol–water partition coefficient (Wildman–Crippen LogP) is 4.96. The van der Waals surface area contributed by atoms with Gasteiger partial charge in [0.1, 0.15) is 29.8 Å². The minimum atomic E-state index is -1.14. The van der Waals surface area contributed by atoms with E-state index in [1.807, 2.05) is 0 Å². The van der Waals surface area contributed by atoms with Crippen molar-refractivity contribution in [1.82, 2.24) is 24.5 Å². The minimum absolute atomic E-state index is 0.0236. The number of pyridine rings is 1. The highest BCUT2D eigenvalue weighted by molar-refractivity contribution is 5.92. The molecule has 0 bridgehead atoms. The van der Waals surface area contributed by atoms with Gasteiger partial charge in [0.15, 0.2) is 0 Å². The number of halogens is 4. The van der Waals surface area contributed by atoms with Gasteiger partial charge in [0.05, 0.1) is 35.1 Å². The maximum absolute atomic E-state index is 15.3. The lowest BCUT2D eigenvalue weighted by Gasteiger charge is -2.12. The first-order valence-corrected chi connectivity index (χ1v) is 12.2. The number of carboxylic acid groups (broad SMARTS) is 1. The molecule has 0 fully saturated rings. The highest BCUT2D eigenvalue weighted by atomic mass is 19.1. The van der Waals surface area contributed by atoms with Crippen LogP contribution in [0.2, 0.25) is 0 Å². The second-order valence-corrected chi connectivity index (χ2v) is 8.86. The number of hydrogen-bond acceptors (Lipinski definition) is 7. The fourth-order valence-corrected chi connectivity index (χ4v) is 4.22. The molecule has 2 aromatic carbocycles. The van der Waals surface area contributed by atoms with E-state index in [9.17, 15) is 18.7 Å². The van der Waals surface area contributed by atoms with Crippen molar-refractivity contribution in [3.63, 3.8) is 0 Å². The summed E-state index contributed by atoms with van der Waals surface area (Å²) in [5.74, 6) is -4.41. The number of aromatic carboxylic acids is 1. The van der Waals surface area contributed by atoms with Crippen molar-refractivity contribution in [2.45, 2.75) is 19.6 Å². The molecule has 1 N–H and O–H groups in total. The summed E-state index contributed by atoms with van der Waals surface area (Å²) < 4.78 is 69.6. The van der Waals surface area contributed by atoms with Crippen LogP contribution in [0.25, 0.3) is 22.3 Å². The van der Waals surface area contributed by atoms with Crippen molar-refractivity contribution < 1.29 is 36.9 Å². The Morgan fingerprint density at radius 3 is 2.59 bits per heavy atom. The van der Waals surface area contributed by atoms with E-state index in [1.165, 1.54) is 37.4 Å². The molecule has 0 unspecified atom stereocenters. The smallest absolute Gasteiger partial charge is 0.335 e. The normalized spacial score (nSPS) is 11.2. The zero-order valence-electron chi connectivity index (χ0n) is 21.4. The maximum atomic E-state index is 15.3. The molecule has 0 saturated heterocycles. The first-order chi connectivity index (χ1) is 19.7. The summed E-state index contributed by atoms with van der Waals surface area (Å²) >= 11 is 0. The monoisotopic (exact) mass is 567 g/mol. The van der Waals surface area contributed by atoms with E-state index in [-0.39, 0.29) is 47.0 Å². The summed E-state index contributed by atoms with van der Waals surface area (Å²) in [5, 5.41) is 9.37. The number of methoxy groups -OCH3 is 1. The van der Waals surface area contributed by atoms with Gasteiger partial charge >= 0.3 is 5.97 Å². The van der Waals surface area contributed by atoms with Gasteiger partial charge in [0.25, 0.3) is 0 Å². The summed E-state index contributed by atoms with van der Waals surface area (Å²) in [6.45, 7) is 0.192. The molecule has 0 aliphatic carbocycles. The van der Waals surface area contributed by atoms with Crippen molar-refractivity contribution in [1.29, 1.82) is 0 Å². The quantitative estimate of drug-likeness (QED) is 0.236. The molecule has 9 nitrogen and oxygen atoms in total. The van der Waals surface area contributed by atoms with Crippen molar-refractivity contribution >= 4 is 17.0 Å². The van der Waals surface area contributed by atoms with Crippen molar-refractivity contribution in [3.05, 3.63) is 101 Å². The molecule has 13 heteroatoms. The van der Waals surface area contributed by atoms with Gasteiger partial charge in [0, 0.05) is 31.7 Å². The van der Waals surface area contributed by atoms with Gasteiger partial charge in [-0.1, -0.05) is 6.07 Å². The van der Waals surface area contributed by atoms with Crippen LogP contribution in [0, 0.1) is 23.5 Å². The van der Waals surface area contributed by atoms with Crippen LogP contribution in [0.3, 0.4) is 0 Å². The molecule has 0 amide bonds. The van der Waals surface area contributed by atoms with Crippen molar-refractivity contribution in [3.8, 4) is 17.1 Å². The Balaban J connectivity index is 1.41. The Kier molecular flexibility index (Phi) is 7.88. The molecule has 0 spiro atoms. The van der Waals surface area contributed by atoms with E-state index >= 15 is 8.78 Å². The average Bonchev–Trinajstić information content (AvgIpc) is 3.29. The van der Waals surface area contributed by atoms with E-state index in [0.29, 0.717) is 23.4 Å². The van der Waals surface area contributed by atoms with Gasteiger partial charge < -0.3 is 19.1 Å². The minimum Gasteiger partial charge on any atom is -0.478 e. The summed E-state index contributed by atoms with van der Waals surface area (Å²) in [5.41, 5.74) is 0.798. The van der Waals surface area contributed by atoms with E-state index in [0.717, 1.165) is 18.3 Å². The van der Waals surface area contributed by atoms with Crippen LogP contribution < -0.4 is 4.74 Å². The van der Waals surface area contributed by atoms with Gasteiger partial charge in [-0.25, -0.2) is 28.5 Å². The van der Waals surface area contributed by atoms with Gasteiger partial charge in [-0.05, 0) is 42.0 Å². The second kappa shape index (κ2) is 11.7. The summed E-state index contributed by atoms with van der Waals surface area (Å²) in [6, 6.07) is 10.9. The molecule has 3 aromatic heterocycles. The van der Waals surface area contributed by atoms with Gasteiger partial charge in [-0.2, -0.15) is 13.8 Å². The number of carboxylic acids is 1. The third-order valence-electron chi connectivity index (χ3n) is 6.20. The Morgan fingerprint density at radius 1 is 1.00 bits per heavy atom. The number of fused-ring (bicyclic) bond motifs is 1. The Hall–Kier alpha value is -4.91. The Bertz CT molecular complexity index is 1760. The van der Waals surface area contributed by atoms with Crippen LogP contribution in [0.4, 0.5) is 17.6 Å². The van der Waals surface area contributed by atoms with Crippen LogP contribution in [0.1, 0.15) is 27.4 Å². The molecule has 5 rings (SSSR count). The first kappa shape index (κ1) is 27.6. The fourth-order valence-electron chi connectivity index (χ4n) is 4.22. The molecule has 0 aliphatic rings. The number of rotatable bonds is 10. The fraction of sp³-hybridized carbons (Fsp3) is 0.179. The topological polar surface area (TPSA) is 112 Å². The predicted molar refractivity (Wildman–Crippen MR) is 137 cm³/mol. The van der Waals surface area contributed by atoms with E-state index in [1.54, 1.807) is 10.6 Å². The van der Waals surface area contributed by atoms with Gasteiger partial charge in [0.2, 0.25) is 17.8 Å². The third-order valence-corrected chi connectivity index (χ3v) is 6.20. The number of hydrogen-bond donors (Lipinski definition) is 1. The van der Waals surface area contributed by atoms with Gasteiger partial charge in [-0.15, -0.1) is 0 Å². The lowest BCUT2D eigenvalue weighted by atomic mass is 10.0. The number of nitrogens with zero attached hydrogens (tertiary/aromatic N) is 5. The Labute approximate surface area is 230 Å². The van der Waals surface area contributed by atoms with E-state index < -0.39 is 36.1 Å². The summed E-state index contributed by atoms with van der Waals surface area (Å²) in [4.78, 5) is 26.7. The van der Waals surface area contributed by atoms with Crippen LogP contribution >= 0.6 is 0 Å². The third kappa shape index (κ3) is 5.99. The molecule has 41 heavy (non-hydrogen) atoms. The molecule has 5 aromatic rings. The molecule has 210 valence electrons. The molecular weight excluding hydrogens is 546 g/mol. The second-order valence-electron chi connectivity index (χ2n) is 8.86. The van der Waals surface area contributed by atoms with Crippen molar-refractivity contribution in [2.24, 2.45) is 0 Å². The SMILES string of the molecule is COCCn1c(Cc2cc(F)c(-c3cccc(OCc4ncc(F)nc4F)n3)cc2F)nc2ccc(C(=O)O)cc21. The van der Waals surface area contributed by atoms with Crippen LogP contribution in [0.15, 0.2) is 54.7 Å². The molecule has 3 heterocycles. The zero-order valence-corrected chi connectivity index (χ0v) is 21.4. The lowest BCUT2D eigenvalue weighted by molar-refractivity contribution is 0.0697. The molecule has 0 atom stereocenters. The molecule has 0 radical (unpaired) electrons. The highest BCUT2D eigenvalue weighted by Crippen LogP contribution is 2.28. The van der Waals surface area contributed by atoms with E-state index in [2.05, 4.69) is 19.9 Å². The van der Waals surface area contributed by atoms with Crippen LogP contribution in [-0.2, 0) is 24.3 Å². The van der Waals surface area contributed by atoms with Gasteiger partial charge in [-0.3, -0.25) is 0 Å². The summed E-state index contributed by atoms with van der Waals surface area (Å²) in [6.07, 6.45) is 0.663. The largest absolute Gasteiger partial charge is 0.478 e. The number of imidazole rings is 1.